The van der Waals surface area contributed by atoms with E-state index in [1.165, 1.54) is 31.9 Å². The number of carbonyl (C=O) groups is 10. The van der Waals surface area contributed by atoms with Crippen molar-refractivity contribution in [1.82, 2.24) is 31.5 Å². The van der Waals surface area contributed by atoms with Gasteiger partial charge in [-0.3, -0.25) is 47.9 Å². The minimum Gasteiger partial charge on any atom is -0.481 e. The maximum atomic E-state index is 13.6. The van der Waals surface area contributed by atoms with E-state index < -0.39 is 95.8 Å². The lowest BCUT2D eigenvalue weighted by molar-refractivity contribution is -0.144. The van der Waals surface area contributed by atoms with Crippen molar-refractivity contribution < 1.29 is 57.8 Å². The normalized spacial score (nSPS) is 15.9. The van der Waals surface area contributed by atoms with Gasteiger partial charge in [0.1, 0.15) is 36.8 Å². The Morgan fingerprint density at radius 1 is 0.852 bits per heavy atom. The maximum Gasteiger partial charge on any atom is 0.306 e. The molecule has 19 heteroatoms. The van der Waals surface area contributed by atoms with Crippen molar-refractivity contribution in [2.75, 3.05) is 13.7 Å². The molecule has 0 aliphatic heterocycles. The summed E-state index contributed by atoms with van der Waals surface area (Å²) in [6.07, 6.45) is 3.18. The molecule has 1 fully saturated rings. The number of aliphatic carboxylic acids is 1. The molecule has 0 unspecified atom stereocenters. The predicted octanol–water partition coefficient (Wildman–Crippen LogP) is -1.43. The summed E-state index contributed by atoms with van der Waals surface area (Å²) in [5.74, 6) is -9.78. The number of rotatable bonds is 23. The molecule has 1 aliphatic carbocycles. The maximum absolute atomic E-state index is 13.6. The van der Waals surface area contributed by atoms with Crippen LogP contribution in [0.2, 0.25) is 0 Å². The third-order valence-corrected chi connectivity index (χ3v) is 8.70. The Hall–Kier alpha value is -5.36. The molecule has 6 atom stereocenters. The van der Waals surface area contributed by atoms with Crippen molar-refractivity contribution in [2.45, 2.75) is 122 Å². The average molecular weight is 766 g/mol. The number of ketones is 1. The highest BCUT2D eigenvalue weighted by Gasteiger charge is 2.38. The Morgan fingerprint density at radius 3 is 1.96 bits per heavy atom. The molecule has 0 aromatic carbocycles. The van der Waals surface area contributed by atoms with Crippen molar-refractivity contribution in [3.05, 3.63) is 12.7 Å². The zero-order valence-corrected chi connectivity index (χ0v) is 31.7. The first-order valence-corrected chi connectivity index (χ1v) is 17.8. The number of primary amides is 1. The Bertz CT molecular complexity index is 1430. The molecule has 7 amide bonds. The largest absolute Gasteiger partial charge is 0.481 e. The summed E-state index contributed by atoms with van der Waals surface area (Å²) in [5.41, 5.74) is 5.30. The van der Waals surface area contributed by atoms with E-state index in [9.17, 15) is 53.1 Å². The number of likely N-dealkylation sites (N-methyl/N-ethyl adjacent to an activating group) is 1. The second-order valence-corrected chi connectivity index (χ2v) is 13.7. The first-order valence-electron chi connectivity index (χ1n) is 17.8. The topological polar surface area (TPSA) is 290 Å². The van der Waals surface area contributed by atoms with Crippen molar-refractivity contribution >= 4 is 59.1 Å². The van der Waals surface area contributed by atoms with Crippen LogP contribution < -0.4 is 32.3 Å². The summed E-state index contributed by atoms with van der Waals surface area (Å²) in [7, 11) is 1.45. The van der Waals surface area contributed by atoms with E-state index in [1.807, 2.05) is 19.2 Å². The van der Waals surface area contributed by atoms with Crippen LogP contribution in [-0.4, -0.2) is 119 Å². The number of hydrogen-bond donors (Lipinski definition) is 7. The fourth-order valence-electron chi connectivity index (χ4n) is 5.78. The van der Waals surface area contributed by atoms with Crippen LogP contribution in [0.3, 0.4) is 0 Å². The number of esters is 1. The molecule has 1 rings (SSSR count). The van der Waals surface area contributed by atoms with Crippen molar-refractivity contribution in [1.29, 1.82) is 0 Å². The average Bonchev–Trinajstić information content (AvgIpc) is 3.63. The van der Waals surface area contributed by atoms with Gasteiger partial charge in [-0.05, 0) is 51.4 Å². The van der Waals surface area contributed by atoms with E-state index in [0.717, 1.165) is 32.6 Å². The zero-order chi connectivity index (χ0) is 41.3. The van der Waals surface area contributed by atoms with Gasteiger partial charge in [0, 0.05) is 20.4 Å². The summed E-state index contributed by atoms with van der Waals surface area (Å²) in [6, 6.07) is -7.96. The number of carbonyl (C=O) groups excluding carboxylic acids is 9. The van der Waals surface area contributed by atoms with E-state index >= 15 is 0 Å². The standard InChI is InChI=1S/C35H55N7O12/c1-8-15-54-27(46)14-13-23(30(36)48)40-32(50)24(17-26(44)45)41-34(52)29(47)19(4)37-31(49)20(5)38-33(51)25(16-18(2)3)42(7)35(53)28(39-21(6)43)22-11-9-10-12-22/h8,18-20,22-25,28H,1,9-17H2,2-7H3,(H2,36,48)(H,37,49)(H,38,51)(H,39,43)(H,40,50)(H,41,52)(H,44,45)/t19-,20-,23-,24-,25-,28-/m0/s1. The second kappa shape index (κ2) is 22.7. The summed E-state index contributed by atoms with van der Waals surface area (Å²) in [6.45, 7) is 10.8. The second-order valence-electron chi connectivity index (χ2n) is 13.7. The van der Waals surface area contributed by atoms with Gasteiger partial charge >= 0.3 is 11.9 Å². The summed E-state index contributed by atoms with van der Waals surface area (Å²) in [5, 5.41) is 21.0. The smallest absolute Gasteiger partial charge is 0.306 e. The minimum absolute atomic E-state index is 0.0538. The van der Waals surface area contributed by atoms with Crippen LogP contribution in [0.15, 0.2) is 12.7 Å². The third kappa shape index (κ3) is 15.7. The molecule has 19 nitrogen and oxygen atoms in total. The van der Waals surface area contributed by atoms with Crippen LogP contribution in [0.25, 0.3) is 0 Å². The Balaban J connectivity index is 2.96. The first-order chi connectivity index (χ1) is 25.2. The van der Waals surface area contributed by atoms with E-state index in [0.29, 0.717) is 0 Å². The number of hydrogen-bond acceptors (Lipinski definition) is 11. The molecule has 302 valence electrons. The molecular weight excluding hydrogens is 710 g/mol. The lowest BCUT2D eigenvalue weighted by Gasteiger charge is -2.34. The van der Waals surface area contributed by atoms with Gasteiger partial charge in [0.05, 0.1) is 12.5 Å². The molecule has 0 heterocycles. The van der Waals surface area contributed by atoms with Gasteiger partial charge in [0.25, 0.3) is 5.91 Å². The molecule has 54 heavy (non-hydrogen) atoms. The number of carboxylic acid groups (broad SMARTS) is 1. The number of ether oxygens (including phenoxy) is 1. The highest BCUT2D eigenvalue weighted by atomic mass is 16.5. The number of carboxylic acids is 1. The van der Waals surface area contributed by atoms with Crippen molar-refractivity contribution in [2.24, 2.45) is 17.6 Å². The Kier molecular flexibility index (Phi) is 19.6. The number of Topliss-reactive ketones (excluding diaryl/α,β-unsaturated/α-hetero) is 1. The van der Waals surface area contributed by atoms with Gasteiger partial charge in [-0.2, -0.15) is 0 Å². The summed E-state index contributed by atoms with van der Waals surface area (Å²) < 4.78 is 4.79. The van der Waals surface area contributed by atoms with Crippen molar-refractivity contribution in [3.8, 4) is 0 Å². The van der Waals surface area contributed by atoms with Crippen LogP contribution in [0.1, 0.15) is 86.0 Å². The van der Waals surface area contributed by atoms with Gasteiger partial charge in [0.2, 0.25) is 41.2 Å². The molecule has 0 saturated heterocycles. The SMILES string of the molecule is C=CCOC(=O)CC[C@H](NC(=O)[C@H](CC(=O)O)NC(=O)C(=O)[C@H](C)NC(=O)[C@H](C)NC(=O)[C@H](CC(C)C)N(C)C(=O)[C@@H](NC(C)=O)C1CCCC1)C(N)=O. The van der Waals surface area contributed by atoms with Crippen LogP contribution in [0.5, 0.6) is 0 Å². The van der Waals surface area contributed by atoms with Crippen LogP contribution >= 0.6 is 0 Å². The van der Waals surface area contributed by atoms with Gasteiger partial charge < -0.3 is 47.1 Å². The highest BCUT2D eigenvalue weighted by Crippen LogP contribution is 2.29. The van der Waals surface area contributed by atoms with Crippen LogP contribution in [0.4, 0.5) is 0 Å². The Labute approximate surface area is 314 Å². The fourth-order valence-corrected chi connectivity index (χ4v) is 5.78. The third-order valence-electron chi connectivity index (χ3n) is 8.70. The van der Waals surface area contributed by atoms with E-state index in [-0.39, 0.29) is 43.6 Å². The van der Waals surface area contributed by atoms with Gasteiger partial charge in [-0.1, -0.05) is 39.3 Å². The lowest BCUT2D eigenvalue weighted by atomic mass is 9.94. The molecule has 0 spiro atoms. The number of nitrogens with one attached hydrogen (secondary N) is 5. The molecule has 1 saturated carbocycles. The summed E-state index contributed by atoms with van der Waals surface area (Å²) >= 11 is 0. The Morgan fingerprint density at radius 2 is 1.44 bits per heavy atom. The summed E-state index contributed by atoms with van der Waals surface area (Å²) in [4.78, 5) is 127. The monoisotopic (exact) mass is 765 g/mol. The van der Waals surface area contributed by atoms with Crippen molar-refractivity contribution in [3.63, 3.8) is 0 Å². The molecule has 0 aromatic rings. The molecule has 0 aromatic heterocycles. The van der Waals surface area contributed by atoms with Gasteiger partial charge in [0.15, 0.2) is 0 Å². The molecule has 8 N–H and O–H groups in total. The van der Waals surface area contributed by atoms with E-state index in [2.05, 4.69) is 27.8 Å². The number of nitrogens with zero attached hydrogens (tertiary/aromatic N) is 1. The van der Waals surface area contributed by atoms with Gasteiger partial charge in [-0.25, -0.2) is 0 Å². The minimum atomic E-state index is -1.87. The number of nitrogens with two attached hydrogens (primary N) is 1. The van der Waals surface area contributed by atoms with Crippen LogP contribution in [0, 0.1) is 11.8 Å². The molecular formula is C35H55N7O12. The molecule has 0 radical (unpaired) electrons. The lowest BCUT2D eigenvalue weighted by Crippen LogP contribution is -2.59. The predicted molar refractivity (Wildman–Crippen MR) is 191 cm³/mol. The van der Waals surface area contributed by atoms with E-state index in [1.54, 1.807) is 0 Å². The zero-order valence-electron chi connectivity index (χ0n) is 31.7. The number of amides is 7. The van der Waals surface area contributed by atoms with Crippen LogP contribution in [-0.2, 0) is 52.7 Å². The molecule has 0 bridgehead atoms. The fraction of sp³-hybridized carbons (Fsp3) is 0.657. The first kappa shape index (κ1) is 46.7. The highest BCUT2D eigenvalue weighted by molar-refractivity contribution is 6.38. The quantitative estimate of drug-likeness (QED) is 0.0358. The van der Waals surface area contributed by atoms with Gasteiger partial charge in [-0.15, -0.1) is 0 Å². The van der Waals surface area contributed by atoms with E-state index in [4.69, 9.17) is 10.5 Å². The molecule has 1 aliphatic rings.